The minimum absolute atomic E-state index is 0.302. The van der Waals surface area contributed by atoms with Crippen LogP contribution in [0.5, 0.6) is 0 Å². The van der Waals surface area contributed by atoms with Gasteiger partial charge in [-0.05, 0) is 53.5 Å². The lowest BCUT2D eigenvalue weighted by Crippen LogP contribution is -2.18. The Labute approximate surface area is 278 Å². The maximum atomic E-state index is 11.1. The molecule has 1 heterocycles. The van der Waals surface area contributed by atoms with Crippen LogP contribution in [0.4, 0.5) is 0 Å². The van der Waals surface area contributed by atoms with Crippen LogP contribution in [-0.2, 0) is 56.7 Å². The van der Waals surface area contributed by atoms with E-state index in [1.54, 1.807) is 28.3 Å². The normalized spacial score (nSPS) is 15.7. The van der Waals surface area contributed by atoms with Crippen LogP contribution >= 0.6 is 32.6 Å². The van der Waals surface area contributed by atoms with Crippen molar-refractivity contribution < 1.29 is 56.7 Å². The molecule has 1 rings (SSSR count). The number of rotatable bonds is 26. The van der Waals surface area contributed by atoms with Gasteiger partial charge in [0.05, 0.1) is 115 Å². The molecule has 1 atom stereocenters. The van der Waals surface area contributed by atoms with Crippen LogP contribution in [-0.4, -0.2) is 125 Å². The maximum absolute atomic E-state index is 11.1. The molecule has 1 aliphatic heterocycles. The summed E-state index contributed by atoms with van der Waals surface area (Å²) in [5, 5.41) is 0. The topological polar surface area (TPSA) is 157 Å². The fourth-order valence-corrected chi connectivity index (χ4v) is 8.14. The highest BCUT2D eigenvalue weighted by molar-refractivity contribution is 8.22. The van der Waals surface area contributed by atoms with E-state index < -0.39 is 32.6 Å². The van der Waals surface area contributed by atoms with Gasteiger partial charge in [-0.2, -0.15) is 0 Å². The van der Waals surface area contributed by atoms with Gasteiger partial charge in [0.25, 0.3) is 0 Å². The zero-order valence-electron chi connectivity index (χ0n) is 29.3. The van der Waals surface area contributed by atoms with Gasteiger partial charge in [0.1, 0.15) is 6.10 Å². The third-order valence-electron chi connectivity index (χ3n) is 5.52. The number of ether oxygens (including phenoxy) is 3. The standard InChI is InChI=1S/C10H20O5S.C9H23NO3S.C9H20O5S/c1-9(2)10(11)15-7-6-8-16(12-3,13-4)14-5;1-4-11-14(12-5-2,13-6-3)9-7-8-10;1-10-15(11-2,12-3)6-4-5-13-7-9-8-14-9/h1,6-8H2,2-5H3;4-10H2,1-3H3;9H,4-8H2,1-3H3. The fourth-order valence-electron chi connectivity index (χ4n) is 3.23. The van der Waals surface area contributed by atoms with Crippen molar-refractivity contribution in [1.29, 1.82) is 0 Å². The fraction of sp³-hybridized carbons (Fsp3) is 0.893. The Balaban J connectivity index is 0. The first kappa shape index (κ1) is 46.9. The van der Waals surface area contributed by atoms with E-state index in [2.05, 4.69) is 6.58 Å². The number of esters is 1. The van der Waals surface area contributed by atoms with Crippen LogP contribution in [0.3, 0.4) is 0 Å². The molecule has 0 aromatic carbocycles. The van der Waals surface area contributed by atoms with Gasteiger partial charge in [-0.25, -0.2) is 4.79 Å². The predicted octanol–water partition coefficient (Wildman–Crippen LogP) is 5.26. The average Bonchev–Trinajstić information content (AvgIpc) is 3.88. The molecule has 0 amide bonds. The Hall–Kier alpha value is -0.220. The number of carbonyl (C=O) groups excluding carboxylic acids is 1. The Morgan fingerprint density at radius 3 is 1.47 bits per heavy atom. The van der Waals surface area contributed by atoms with Gasteiger partial charge in [0, 0.05) is 29.4 Å². The molecule has 2 N–H and O–H groups in total. The van der Waals surface area contributed by atoms with Crippen LogP contribution in [0, 0.1) is 0 Å². The van der Waals surface area contributed by atoms with Gasteiger partial charge in [-0.1, -0.05) is 6.58 Å². The quantitative estimate of drug-likeness (QED) is 0.0535. The average molecular weight is 718 g/mol. The molecule has 0 bridgehead atoms. The van der Waals surface area contributed by atoms with Crippen LogP contribution in [0.2, 0.25) is 0 Å². The summed E-state index contributed by atoms with van der Waals surface area (Å²) in [6.07, 6.45) is 2.67. The van der Waals surface area contributed by atoms with E-state index in [0.717, 1.165) is 31.0 Å². The second-order valence-corrected chi connectivity index (χ2v) is 16.1. The van der Waals surface area contributed by atoms with E-state index in [1.807, 2.05) is 20.8 Å². The third kappa shape index (κ3) is 22.1. The second-order valence-electron chi connectivity index (χ2n) is 8.80. The van der Waals surface area contributed by atoms with E-state index in [-0.39, 0.29) is 5.97 Å². The van der Waals surface area contributed by atoms with Gasteiger partial charge in [-0.15, -0.1) is 0 Å². The smallest absolute Gasteiger partial charge is 0.333 e. The van der Waals surface area contributed by atoms with E-state index in [1.165, 1.54) is 21.3 Å². The minimum Gasteiger partial charge on any atom is -0.462 e. The summed E-state index contributed by atoms with van der Waals surface area (Å²) < 4.78 is 63.4. The van der Waals surface area contributed by atoms with Gasteiger partial charge in [0.15, 0.2) is 0 Å². The molecule has 0 aliphatic carbocycles. The monoisotopic (exact) mass is 717 g/mol. The molecule has 1 unspecified atom stereocenters. The molecule has 1 saturated heterocycles. The van der Waals surface area contributed by atoms with Crippen molar-refractivity contribution in [2.45, 2.75) is 53.1 Å². The molecule has 0 radical (unpaired) electrons. The Morgan fingerprint density at radius 1 is 0.733 bits per heavy atom. The molecule has 0 aromatic heterocycles. The molecule has 0 saturated carbocycles. The van der Waals surface area contributed by atoms with Crippen LogP contribution in [0.15, 0.2) is 12.2 Å². The van der Waals surface area contributed by atoms with Crippen molar-refractivity contribution in [3.63, 3.8) is 0 Å². The van der Waals surface area contributed by atoms with Gasteiger partial charge >= 0.3 is 5.97 Å². The maximum Gasteiger partial charge on any atom is 0.333 e. The first-order valence-electron chi connectivity index (χ1n) is 14.9. The predicted molar refractivity (Wildman–Crippen MR) is 184 cm³/mol. The Bertz CT molecular complexity index is 694. The van der Waals surface area contributed by atoms with Gasteiger partial charge in [0.2, 0.25) is 0 Å². The van der Waals surface area contributed by atoms with E-state index >= 15 is 0 Å². The first-order chi connectivity index (χ1) is 21.5. The Kier molecular flexibility index (Phi) is 30.0. The molecule has 1 fully saturated rings. The highest BCUT2D eigenvalue weighted by Gasteiger charge is 2.26. The van der Waals surface area contributed by atoms with Crippen molar-refractivity contribution in [3.05, 3.63) is 12.2 Å². The molecular weight excluding hydrogens is 655 g/mol. The highest BCUT2D eigenvalue weighted by Crippen LogP contribution is 2.52. The SMILES string of the molecule is C=C(C)C(=O)OCCCS(OC)(OC)OC.CCOS(CCCN)(OCC)OCC.COS(CCCOCC1CO1)(OC)OC. The van der Waals surface area contributed by atoms with E-state index in [9.17, 15) is 4.79 Å². The lowest BCUT2D eigenvalue weighted by atomic mass is 10.4. The van der Waals surface area contributed by atoms with Crippen molar-refractivity contribution >= 4 is 38.6 Å². The summed E-state index contributed by atoms with van der Waals surface area (Å²) >= 11 is 0. The lowest BCUT2D eigenvalue weighted by molar-refractivity contribution is -0.138. The summed E-state index contributed by atoms with van der Waals surface area (Å²) in [5.74, 6) is 1.66. The zero-order valence-corrected chi connectivity index (χ0v) is 31.7. The van der Waals surface area contributed by atoms with Gasteiger partial charge in [-0.3, -0.25) is 37.6 Å². The third-order valence-corrected chi connectivity index (χ3v) is 12.7. The zero-order chi connectivity index (χ0) is 34.6. The number of carbonyl (C=O) groups is 1. The van der Waals surface area contributed by atoms with Gasteiger partial charge < -0.3 is 19.9 Å². The van der Waals surface area contributed by atoms with Crippen LogP contribution < -0.4 is 5.73 Å². The number of epoxide rings is 1. The summed E-state index contributed by atoms with van der Waals surface area (Å²) in [7, 11) is 3.85. The van der Waals surface area contributed by atoms with Crippen molar-refractivity contribution in [3.8, 4) is 0 Å². The van der Waals surface area contributed by atoms with Crippen molar-refractivity contribution in [2.75, 3.05) is 113 Å². The summed E-state index contributed by atoms with van der Waals surface area (Å²) in [5.41, 5.74) is 5.86. The highest BCUT2D eigenvalue weighted by atomic mass is 32.3. The number of hydrogen-bond acceptors (Lipinski definition) is 14. The minimum atomic E-state index is -1.94. The largest absolute Gasteiger partial charge is 0.462 e. The molecule has 276 valence electrons. The number of nitrogens with two attached hydrogens (primary N) is 1. The first-order valence-corrected chi connectivity index (χ1v) is 19.7. The van der Waals surface area contributed by atoms with Crippen LogP contribution in [0.1, 0.15) is 47.0 Å². The molecule has 14 nitrogen and oxygen atoms in total. The molecule has 45 heavy (non-hydrogen) atoms. The molecule has 0 spiro atoms. The van der Waals surface area contributed by atoms with E-state index in [4.69, 9.17) is 57.6 Å². The Morgan fingerprint density at radius 2 is 1.13 bits per heavy atom. The second kappa shape index (κ2) is 28.8. The number of hydrogen-bond donors (Lipinski definition) is 1. The molecule has 1 aliphatic rings. The van der Waals surface area contributed by atoms with E-state index in [0.29, 0.717) is 70.0 Å². The molecular formula is C28H63NO13S3. The lowest BCUT2D eigenvalue weighted by Gasteiger charge is -2.36. The summed E-state index contributed by atoms with van der Waals surface area (Å²) in [6.45, 7) is 15.9. The van der Waals surface area contributed by atoms with Crippen LogP contribution in [0.25, 0.3) is 0 Å². The molecule has 17 heteroatoms. The van der Waals surface area contributed by atoms with Crippen molar-refractivity contribution in [1.82, 2.24) is 0 Å². The molecule has 0 aromatic rings. The summed E-state index contributed by atoms with van der Waals surface area (Å²) in [6, 6.07) is 0. The summed E-state index contributed by atoms with van der Waals surface area (Å²) in [4.78, 5) is 11.1. The van der Waals surface area contributed by atoms with Crippen molar-refractivity contribution in [2.24, 2.45) is 5.73 Å².